The lowest BCUT2D eigenvalue weighted by atomic mass is 10.1. The van der Waals surface area contributed by atoms with E-state index < -0.39 is 5.91 Å². The second kappa shape index (κ2) is 8.57. The van der Waals surface area contributed by atoms with E-state index in [4.69, 9.17) is 25.8 Å². The maximum absolute atomic E-state index is 12.2. The summed E-state index contributed by atoms with van der Waals surface area (Å²) in [7, 11) is 3.00. The molecule has 24 heavy (non-hydrogen) atoms. The second-order valence-electron chi connectivity index (χ2n) is 5.24. The monoisotopic (exact) mass is 350 g/mol. The standard InChI is InChI=1S/C17H19ClN2O4/c1-22-15-7-11(14(18)8-16(15)23-2)6-12(9-19)17(21)20-10-13-4-3-5-24-13/h6-8,13H,3-5,10H2,1-2H3,(H,20,21)/b12-6+/t13-/m0/s1. The van der Waals surface area contributed by atoms with Crippen molar-refractivity contribution in [3.63, 3.8) is 0 Å². The van der Waals surface area contributed by atoms with Crippen molar-refractivity contribution < 1.29 is 19.0 Å². The lowest BCUT2D eigenvalue weighted by molar-refractivity contribution is -0.117. The second-order valence-corrected chi connectivity index (χ2v) is 5.65. The van der Waals surface area contributed by atoms with Gasteiger partial charge in [0, 0.05) is 19.2 Å². The Morgan fingerprint density at radius 2 is 2.17 bits per heavy atom. The Hall–Kier alpha value is -2.23. The lowest BCUT2D eigenvalue weighted by Gasteiger charge is -2.11. The number of hydrogen-bond acceptors (Lipinski definition) is 5. The van der Waals surface area contributed by atoms with Crippen LogP contribution in [0.2, 0.25) is 5.02 Å². The maximum Gasteiger partial charge on any atom is 0.262 e. The molecule has 128 valence electrons. The highest BCUT2D eigenvalue weighted by molar-refractivity contribution is 6.32. The molecular formula is C17H19ClN2O4. The number of ether oxygens (including phenoxy) is 3. The number of nitrogens with one attached hydrogen (secondary N) is 1. The number of hydrogen-bond donors (Lipinski definition) is 1. The predicted octanol–water partition coefficient (Wildman–Crippen LogP) is 2.56. The fourth-order valence-electron chi connectivity index (χ4n) is 2.39. The first kappa shape index (κ1) is 18.1. The number of methoxy groups -OCH3 is 2. The molecule has 0 aromatic heterocycles. The minimum atomic E-state index is -0.459. The first-order chi connectivity index (χ1) is 11.6. The Morgan fingerprint density at radius 1 is 1.46 bits per heavy atom. The van der Waals surface area contributed by atoms with Crippen LogP contribution in [-0.4, -0.2) is 39.4 Å². The van der Waals surface area contributed by atoms with Crippen molar-refractivity contribution in [1.29, 1.82) is 5.26 Å². The first-order valence-corrected chi connectivity index (χ1v) is 7.90. The summed E-state index contributed by atoms with van der Waals surface area (Å²) in [5, 5.41) is 12.3. The number of nitriles is 1. The van der Waals surface area contributed by atoms with Crippen molar-refractivity contribution in [1.82, 2.24) is 5.32 Å². The fraction of sp³-hybridized carbons (Fsp3) is 0.412. The van der Waals surface area contributed by atoms with Gasteiger partial charge in [0.2, 0.25) is 0 Å². The molecule has 0 bridgehead atoms. The molecule has 0 radical (unpaired) electrons. The molecule has 1 N–H and O–H groups in total. The van der Waals surface area contributed by atoms with Gasteiger partial charge in [-0.15, -0.1) is 0 Å². The van der Waals surface area contributed by atoms with Gasteiger partial charge in [0.25, 0.3) is 5.91 Å². The van der Waals surface area contributed by atoms with Crippen molar-refractivity contribution in [2.45, 2.75) is 18.9 Å². The molecule has 1 aromatic rings. The van der Waals surface area contributed by atoms with Crippen LogP contribution >= 0.6 is 11.6 Å². The molecule has 1 saturated heterocycles. The van der Waals surface area contributed by atoms with Crippen molar-refractivity contribution >= 4 is 23.6 Å². The fourth-order valence-corrected chi connectivity index (χ4v) is 2.60. The molecular weight excluding hydrogens is 332 g/mol. The minimum Gasteiger partial charge on any atom is -0.493 e. The van der Waals surface area contributed by atoms with Crippen LogP contribution in [0.1, 0.15) is 18.4 Å². The molecule has 2 rings (SSSR count). The lowest BCUT2D eigenvalue weighted by Crippen LogP contribution is -2.32. The number of benzene rings is 1. The maximum atomic E-state index is 12.2. The number of rotatable bonds is 6. The molecule has 1 aromatic carbocycles. The van der Waals surface area contributed by atoms with Crippen molar-refractivity contribution in [3.05, 3.63) is 28.3 Å². The third kappa shape index (κ3) is 4.40. The molecule has 1 amide bonds. The van der Waals surface area contributed by atoms with Crippen LogP contribution in [0.3, 0.4) is 0 Å². The van der Waals surface area contributed by atoms with Gasteiger partial charge in [0.15, 0.2) is 11.5 Å². The third-order valence-corrected chi connectivity index (χ3v) is 4.01. The van der Waals surface area contributed by atoms with Gasteiger partial charge in [0.1, 0.15) is 11.6 Å². The van der Waals surface area contributed by atoms with Crippen LogP contribution in [0.4, 0.5) is 0 Å². The summed E-state index contributed by atoms with van der Waals surface area (Å²) in [6.45, 7) is 1.10. The molecule has 1 fully saturated rings. The van der Waals surface area contributed by atoms with E-state index in [9.17, 15) is 10.1 Å². The van der Waals surface area contributed by atoms with Crippen molar-refractivity contribution in [2.24, 2.45) is 0 Å². The summed E-state index contributed by atoms with van der Waals surface area (Å²) in [6.07, 6.45) is 3.34. The number of halogens is 1. The smallest absolute Gasteiger partial charge is 0.262 e. The van der Waals surface area contributed by atoms with E-state index in [2.05, 4.69) is 5.32 Å². The molecule has 0 aliphatic carbocycles. The molecule has 1 aliphatic heterocycles. The van der Waals surface area contributed by atoms with Crippen LogP contribution < -0.4 is 14.8 Å². The van der Waals surface area contributed by atoms with Gasteiger partial charge in [-0.1, -0.05) is 11.6 Å². The van der Waals surface area contributed by atoms with Crippen molar-refractivity contribution in [2.75, 3.05) is 27.4 Å². The number of carbonyl (C=O) groups excluding carboxylic acids is 1. The Kier molecular flexibility index (Phi) is 6.47. The number of carbonyl (C=O) groups is 1. The molecule has 1 heterocycles. The average molecular weight is 351 g/mol. The van der Waals surface area contributed by atoms with Gasteiger partial charge in [-0.2, -0.15) is 5.26 Å². The summed E-state index contributed by atoms with van der Waals surface area (Å²) in [5.41, 5.74) is 0.459. The van der Waals surface area contributed by atoms with Gasteiger partial charge < -0.3 is 19.5 Å². The molecule has 1 atom stereocenters. The van der Waals surface area contributed by atoms with E-state index in [1.165, 1.54) is 20.3 Å². The van der Waals surface area contributed by atoms with Crippen LogP contribution in [0, 0.1) is 11.3 Å². The van der Waals surface area contributed by atoms with Gasteiger partial charge in [-0.25, -0.2) is 0 Å². The third-order valence-electron chi connectivity index (χ3n) is 3.68. The van der Waals surface area contributed by atoms with E-state index in [0.717, 1.165) is 12.8 Å². The first-order valence-electron chi connectivity index (χ1n) is 7.52. The normalized spacial score (nSPS) is 17.2. The molecule has 0 unspecified atom stereocenters. The quantitative estimate of drug-likeness (QED) is 0.630. The molecule has 7 heteroatoms. The van der Waals surface area contributed by atoms with E-state index in [1.54, 1.807) is 12.1 Å². The van der Waals surface area contributed by atoms with Crippen LogP contribution in [0.5, 0.6) is 11.5 Å². The Bertz CT molecular complexity index is 676. The van der Waals surface area contributed by atoms with Gasteiger partial charge >= 0.3 is 0 Å². The molecule has 0 spiro atoms. The summed E-state index contributed by atoms with van der Waals surface area (Å²) in [4.78, 5) is 12.2. The highest BCUT2D eigenvalue weighted by Crippen LogP contribution is 2.34. The summed E-state index contributed by atoms with van der Waals surface area (Å²) >= 11 is 6.18. The highest BCUT2D eigenvalue weighted by Gasteiger charge is 2.18. The van der Waals surface area contributed by atoms with Gasteiger partial charge in [0.05, 0.1) is 25.3 Å². The zero-order chi connectivity index (χ0) is 17.5. The average Bonchev–Trinajstić information content (AvgIpc) is 3.11. The molecule has 6 nitrogen and oxygen atoms in total. The molecule has 1 aliphatic rings. The van der Waals surface area contributed by atoms with Crippen LogP contribution in [0.15, 0.2) is 17.7 Å². The van der Waals surface area contributed by atoms with Crippen LogP contribution in [-0.2, 0) is 9.53 Å². The highest BCUT2D eigenvalue weighted by atomic mass is 35.5. The van der Waals surface area contributed by atoms with E-state index in [0.29, 0.717) is 35.2 Å². The summed E-state index contributed by atoms with van der Waals surface area (Å²) in [5.74, 6) is 0.477. The SMILES string of the molecule is COc1cc(Cl)c(/C=C(\C#N)C(=O)NC[C@@H]2CCCO2)cc1OC. The molecule has 0 saturated carbocycles. The van der Waals surface area contributed by atoms with Gasteiger partial charge in [-0.05, 0) is 30.5 Å². The van der Waals surface area contributed by atoms with Gasteiger partial charge in [-0.3, -0.25) is 4.79 Å². The zero-order valence-corrected chi connectivity index (χ0v) is 14.4. The minimum absolute atomic E-state index is 0.0126. The predicted molar refractivity (Wildman–Crippen MR) is 90.1 cm³/mol. The van der Waals surface area contributed by atoms with E-state index >= 15 is 0 Å². The topological polar surface area (TPSA) is 80.6 Å². The largest absolute Gasteiger partial charge is 0.493 e. The van der Waals surface area contributed by atoms with Crippen molar-refractivity contribution in [3.8, 4) is 17.6 Å². The Labute approximate surface area is 145 Å². The number of amides is 1. The van der Waals surface area contributed by atoms with E-state index in [-0.39, 0.29) is 11.7 Å². The summed E-state index contributed by atoms with van der Waals surface area (Å²) in [6, 6.07) is 5.09. The number of nitrogens with zero attached hydrogens (tertiary/aromatic N) is 1. The Morgan fingerprint density at radius 3 is 2.75 bits per heavy atom. The van der Waals surface area contributed by atoms with Crippen LogP contribution in [0.25, 0.3) is 6.08 Å². The zero-order valence-electron chi connectivity index (χ0n) is 13.6. The Balaban J connectivity index is 2.16. The summed E-state index contributed by atoms with van der Waals surface area (Å²) < 4.78 is 15.8. The van der Waals surface area contributed by atoms with E-state index in [1.807, 2.05) is 6.07 Å².